The molecule has 2 N–H and O–H groups in total. The number of sulfonamides is 1. The molecule has 1 aromatic carbocycles. The highest BCUT2D eigenvalue weighted by Gasteiger charge is 2.22. The van der Waals surface area contributed by atoms with Gasteiger partial charge in [-0.1, -0.05) is 12.1 Å². The number of carbonyl (C=O) groups excluding carboxylic acids is 2. The Morgan fingerprint density at radius 3 is 2.24 bits per heavy atom. The number of benzene rings is 1. The van der Waals surface area contributed by atoms with Crippen LogP contribution in [0, 0.1) is 0 Å². The van der Waals surface area contributed by atoms with E-state index in [1.807, 2.05) is 17.0 Å². The van der Waals surface area contributed by atoms with Crippen LogP contribution in [0.15, 0.2) is 42.6 Å². The third-order valence-corrected chi connectivity index (χ3v) is 7.53. The van der Waals surface area contributed by atoms with Crippen LogP contribution in [0.5, 0.6) is 0 Å². The molecule has 2 heterocycles. The minimum atomic E-state index is -3.54. The Kier molecular flexibility index (Phi) is 8.17. The SMILES string of the molecule is CCS(=O)(=O)N(Cc1ccc(C(=O)CN)cn1)c1ccc(CN2CCN(C(C)=O)CC2)cc1. The number of hydrogen-bond acceptors (Lipinski definition) is 7. The third kappa shape index (κ3) is 6.37. The van der Waals surface area contributed by atoms with Gasteiger partial charge in [0.25, 0.3) is 0 Å². The lowest BCUT2D eigenvalue weighted by atomic mass is 10.1. The zero-order valence-electron chi connectivity index (χ0n) is 19.1. The molecule has 1 amide bonds. The van der Waals surface area contributed by atoms with Crippen molar-refractivity contribution in [1.82, 2.24) is 14.8 Å². The number of anilines is 1. The minimum Gasteiger partial charge on any atom is -0.340 e. The third-order valence-electron chi connectivity index (χ3n) is 5.79. The molecular formula is C23H31N5O4S. The molecule has 0 spiro atoms. The molecule has 33 heavy (non-hydrogen) atoms. The number of hydrogen-bond donors (Lipinski definition) is 1. The number of rotatable bonds is 9. The first-order valence-corrected chi connectivity index (χ1v) is 12.6. The summed E-state index contributed by atoms with van der Waals surface area (Å²) in [5, 5.41) is 0. The summed E-state index contributed by atoms with van der Waals surface area (Å²) in [6.07, 6.45) is 1.43. The van der Waals surface area contributed by atoms with Crippen LogP contribution >= 0.6 is 0 Å². The van der Waals surface area contributed by atoms with Crippen LogP contribution in [-0.4, -0.2) is 73.4 Å². The summed E-state index contributed by atoms with van der Waals surface area (Å²) in [7, 11) is -3.54. The van der Waals surface area contributed by atoms with Gasteiger partial charge >= 0.3 is 0 Å². The molecule has 3 rings (SSSR count). The molecule has 0 radical (unpaired) electrons. The average molecular weight is 474 g/mol. The highest BCUT2D eigenvalue weighted by atomic mass is 32.2. The van der Waals surface area contributed by atoms with Gasteiger partial charge in [0, 0.05) is 51.4 Å². The van der Waals surface area contributed by atoms with Gasteiger partial charge in [-0.25, -0.2) is 8.42 Å². The molecule has 0 aliphatic carbocycles. The van der Waals surface area contributed by atoms with Crippen LogP contribution in [0.3, 0.4) is 0 Å². The van der Waals surface area contributed by atoms with Crippen LogP contribution in [-0.2, 0) is 27.9 Å². The fourth-order valence-electron chi connectivity index (χ4n) is 3.70. The van der Waals surface area contributed by atoms with Crippen molar-refractivity contribution < 1.29 is 18.0 Å². The Bertz CT molecular complexity index is 1060. The number of amides is 1. The molecule has 1 aliphatic heterocycles. The largest absolute Gasteiger partial charge is 0.340 e. The minimum absolute atomic E-state index is 0.0427. The maximum absolute atomic E-state index is 12.8. The molecule has 0 bridgehead atoms. The molecule has 10 heteroatoms. The quantitative estimate of drug-likeness (QED) is 0.545. The van der Waals surface area contributed by atoms with Crippen LogP contribution in [0.2, 0.25) is 0 Å². The zero-order valence-corrected chi connectivity index (χ0v) is 19.9. The lowest BCUT2D eigenvalue weighted by Crippen LogP contribution is -2.47. The summed E-state index contributed by atoms with van der Waals surface area (Å²) in [5.41, 5.74) is 7.95. The first kappa shape index (κ1) is 24.8. The molecule has 2 aromatic rings. The summed E-state index contributed by atoms with van der Waals surface area (Å²) in [5.74, 6) is -0.157. The second kappa shape index (κ2) is 10.9. The van der Waals surface area contributed by atoms with Crippen LogP contribution < -0.4 is 10.0 Å². The normalized spacial score (nSPS) is 14.8. The monoisotopic (exact) mass is 473 g/mol. The van der Waals surface area contributed by atoms with E-state index in [9.17, 15) is 18.0 Å². The van der Waals surface area contributed by atoms with Crippen molar-refractivity contribution >= 4 is 27.4 Å². The second-order valence-electron chi connectivity index (χ2n) is 8.02. The van der Waals surface area contributed by atoms with Crippen molar-refractivity contribution in [2.45, 2.75) is 26.9 Å². The van der Waals surface area contributed by atoms with E-state index in [1.165, 1.54) is 10.5 Å². The van der Waals surface area contributed by atoms with Gasteiger partial charge < -0.3 is 10.6 Å². The van der Waals surface area contributed by atoms with Gasteiger partial charge in [0.15, 0.2) is 5.78 Å². The van der Waals surface area contributed by atoms with Gasteiger partial charge in [0.1, 0.15) is 0 Å². The van der Waals surface area contributed by atoms with Gasteiger partial charge in [-0.3, -0.25) is 23.8 Å². The predicted octanol–water partition coefficient (Wildman–Crippen LogP) is 1.24. The van der Waals surface area contributed by atoms with Crippen molar-refractivity contribution in [3.63, 3.8) is 0 Å². The summed E-state index contributed by atoms with van der Waals surface area (Å²) in [6, 6.07) is 10.7. The summed E-state index contributed by atoms with van der Waals surface area (Å²) in [4.78, 5) is 31.6. The van der Waals surface area contributed by atoms with Gasteiger partial charge in [-0.05, 0) is 36.8 Å². The first-order chi connectivity index (χ1) is 15.7. The lowest BCUT2D eigenvalue weighted by molar-refractivity contribution is -0.130. The Morgan fingerprint density at radius 1 is 1.06 bits per heavy atom. The highest BCUT2D eigenvalue weighted by molar-refractivity contribution is 7.92. The van der Waals surface area contributed by atoms with Crippen molar-refractivity contribution in [3.8, 4) is 0 Å². The van der Waals surface area contributed by atoms with E-state index < -0.39 is 10.0 Å². The topological polar surface area (TPSA) is 117 Å². The number of nitrogens with two attached hydrogens (primary N) is 1. The van der Waals surface area contributed by atoms with Crippen LogP contribution in [0.4, 0.5) is 5.69 Å². The number of Topliss-reactive ketones (excluding diaryl/α,β-unsaturated/α-hetero) is 1. The Labute approximate surface area is 195 Å². The van der Waals surface area contributed by atoms with E-state index in [1.54, 1.807) is 38.1 Å². The number of piperazine rings is 1. The fraction of sp³-hybridized carbons (Fsp3) is 0.435. The Balaban J connectivity index is 1.71. The van der Waals surface area contributed by atoms with E-state index in [0.717, 1.165) is 38.3 Å². The molecule has 1 aromatic heterocycles. The molecule has 1 saturated heterocycles. The maximum atomic E-state index is 12.8. The number of aromatic nitrogens is 1. The van der Waals surface area contributed by atoms with Gasteiger partial charge in [0.2, 0.25) is 15.9 Å². The Morgan fingerprint density at radius 2 is 1.73 bits per heavy atom. The van der Waals surface area contributed by atoms with Crippen molar-refractivity contribution in [2.75, 3.05) is 42.8 Å². The van der Waals surface area contributed by atoms with Crippen molar-refractivity contribution in [3.05, 3.63) is 59.4 Å². The molecule has 178 valence electrons. The smallest absolute Gasteiger partial charge is 0.235 e. The Hall–Kier alpha value is -2.82. The molecule has 0 saturated carbocycles. The standard InChI is InChI=1S/C23H31N5O4S/c1-3-33(31,32)28(17-21-7-6-20(15-25-21)23(30)14-24)22-8-4-19(5-9-22)16-26-10-12-27(13-11-26)18(2)29/h4-9,15H,3,10-14,16-17,24H2,1-2H3. The average Bonchev–Trinajstić information content (AvgIpc) is 2.83. The second-order valence-corrected chi connectivity index (χ2v) is 10.2. The van der Waals surface area contributed by atoms with Crippen molar-refractivity contribution in [2.24, 2.45) is 5.73 Å². The molecule has 9 nitrogen and oxygen atoms in total. The number of carbonyl (C=O) groups is 2. The summed E-state index contributed by atoms with van der Waals surface area (Å²) < 4.78 is 26.9. The predicted molar refractivity (Wildman–Crippen MR) is 127 cm³/mol. The van der Waals surface area contributed by atoms with Crippen molar-refractivity contribution in [1.29, 1.82) is 0 Å². The van der Waals surface area contributed by atoms with E-state index >= 15 is 0 Å². The van der Waals surface area contributed by atoms with Gasteiger partial charge in [-0.15, -0.1) is 0 Å². The molecule has 1 aliphatic rings. The van der Waals surface area contributed by atoms with Crippen LogP contribution in [0.1, 0.15) is 35.5 Å². The number of nitrogens with zero attached hydrogens (tertiary/aromatic N) is 4. The zero-order chi connectivity index (χ0) is 24.0. The maximum Gasteiger partial charge on any atom is 0.235 e. The van der Waals surface area contributed by atoms with Crippen LogP contribution in [0.25, 0.3) is 0 Å². The number of pyridine rings is 1. The molecule has 1 fully saturated rings. The van der Waals surface area contributed by atoms with Gasteiger partial charge in [-0.2, -0.15) is 0 Å². The highest BCUT2D eigenvalue weighted by Crippen LogP contribution is 2.22. The van der Waals surface area contributed by atoms with E-state index in [-0.39, 0.29) is 30.5 Å². The lowest BCUT2D eigenvalue weighted by Gasteiger charge is -2.34. The van der Waals surface area contributed by atoms with E-state index in [0.29, 0.717) is 16.9 Å². The van der Waals surface area contributed by atoms with Gasteiger partial charge in [0.05, 0.1) is 30.2 Å². The van der Waals surface area contributed by atoms with E-state index in [2.05, 4.69) is 9.88 Å². The van der Waals surface area contributed by atoms with E-state index in [4.69, 9.17) is 5.73 Å². The fourth-order valence-corrected chi connectivity index (χ4v) is 4.78. The molecule has 0 atom stereocenters. The summed E-state index contributed by atoms with van der Waals surface area (Å²) >= 11 is 0. The summed E-state index contributed by atoms with van der Waals surface area (Å²) in [6.45, 7) is 6.97. The number of ketones is 1. The molecular weight excluding hydrogens is 442 g/mol. The first-order valence-electron chi connectivity index (χ1n) is 11.0. The molecule has 0 unspecified atom stereocenters.